The van der Waals surface area contributed by atoms with E-state index >= 15 is 0 Å². The molecule has 1 aliphatic rings. The summed E-state index contributed by atoms with van der Waals surface area (Å²) in [7, 11) is 1.53. The summed E-state index contributed by atoms with van der Waals surface area (Å²) in [4.78, 5) is 39.6. The van der Waals surface area contributed by atoms with Crippen molar-refractivity contribution in [2.75, 3.05) is 38.6 Å². The zero-order valence-corrected chi connectivity index (χ0v) is 17.5. The molecule has 0 spiro atoms. The number of hydrogen-bond donors (Lipinski definition) is 2. The van der Waals surface area contributed by atoms with E-state index in [2.05, 4.69) is 29.4 Å². The monoisotopic (exact) mass is 395 g/mol. The minimum absolute atomic E-state index is 0.188. The molecule has 7 nitrogen and oxygen atoms in total. The van der Waals surface area contributed by atoms with E-state index in [-0.39, 0.29) is 30.5 Å². The number of esters is 1. The highest BCUT2D eigenvalue weighted by atomic mass is 32.1. The lowest BCUT2D eigenvalue weighted by Gasteiger charge is -2.34. The van der Waals surface area contributed by atoms with Crippen molar-refractivity contribution in [1.82, 2.24) is 10.2 Å². The van der Waals surface area contributed by atoms with Gasteiger partial charge in [-0.05, 0) is 37.7 Å². The van der Waals surface area contributed by atoms with Crippen molar-refractivity contribution in [2.24, 2.45) is 11.8 Å². The van der Waals surface area contributed by atoms with Crippen LogP contribution in [0.4, 0.5) is 5.00 Å². The molecule has 0 radical (unpaired) electrons. The molecule has 150 valence electrons. The fourth-order valence-electron chi connectivity index (χ4n) is 3.67. The number of thiophene rings is 1. The molecular formula is C19H29N3O4S. The Kier molecular flexibility index (Phi) is 7.38. The lowest BCUT2D eigenvalue weighted by molar-refractivity contribution is -0.117. The fraction of sp³-hybridized carbons (Fsp3) is 0.632. The standard InChI is InChI=1S/C19H29N3O4S/c1-6-26-19(25)15-13(4)16(17(24)20-5)27-18(15)21-14(23)10-22-8-11(2)7-12(3)9-22/h11-12H,6-10H2,1-5H3,(H,20,24)(H,21,23). The molecule has 2 heterocycles. The highest BCUT2D eigenvalue weighted by molar-refractivity contribution is 7.18. The third kappa shape index (κ3) is 5.29. The van der Waals surface area contributed by atoms with Gasteiger partial charge in [0.1, 0.15) is 5.00 Å². The number of hydrogen-bond acceptors (Lipinski definition) is 6. The van der Waals surface area contributed by atoms with Crippen molar-refractivity contribution in [2.45, 2.75) is 34.1 Å². The van der Waals surface area contributed by atoms with Crippen molar-refractivity contribution >= 4 is 34.1 Å². The first-order chi connectivity index (χ1) is 12.8. The Hall–Kier alpha value is -1.93. The molecule has 8 heteroatoms. The smallest absolute Gasteiger partial charge is 0.341 e. The molecule has 2 atom stereocenters. The van der Waals surface area contributed by atoms with E-state index in [1.807, 2.05) is 0 Å². The summed E-state index contributed by atoms with van der Waals surface area (Å²) in [5.41, 5.74) is 0.780. The predicted molar refractivity (Wildman–Crippen MR) is 106 cm³/mol. The maximum atomic E-state index is 12.6. The van der Waals surface area contributed by atoms with Gasteiger partial charge in [-0.25, -0.2) is 4.79 Å². The van der Waals surface area contributed by atoms with Crippen molar-refractivity contribution in [3.05, 3.63) is 16.0 Å². The van der Waals surface area contributed by atoms with Crippen LogP contribution in [-0.2, 0) is 9.53 Å². The van der Waals surface area contributed by atoms with Gasteiger partial charge in [0, 0.05) is 20.1 Å². The second kappa shape index (κ2) is 9.32. The van der Waals surface area contributed by atoms with E-state index in [1.165, 1.54) is 13.5 Å². The fourth-order valence-corrected chi connectivity index (χ4v) is 4.83. The van der Waals surface area contributed by atoms with E-state index in [4.69, 9.17) is 4.74 Å². The van der Waals surface area contributed by atoms with Crippen molar-refractivity contribution in [3.8, 4) is 0 Å². The maximum Gasteiger partial charge on any atom is 0.341 e. The van der Waals surface area contributed by atoms with Gasteiger partial charge in [-0.2, -0.15) is 0 Å². The molecule has 2 rings (SSSR count). The molecule has 1 aromatic heterocycles. The van der Waals surface area contributed by atoms with Crippen LogP contribution in [0.3, 0.4) is 0 Å². The third-order valence-electron chi connectivity index (χ3n) is 4.62. The van der Waals surface area contributed by atoms with Gasteiger partial charge in [-0.1, -0.05) is 13.8 Å². The van der Waals surface area contributed by atoms with Gasteiger partial charge in [0.2, 0.25) is 5.91 Å². The summed E-state index contributed by atoms with van der Waals surface area (Å²) in [6, 6.07) is 0. The summed E-state index contributed by atoms with van der Waals surface area (Å²) in [5.74, 6) is 0.103. The van der Waals surface area contributed by atoms with E-state index in [0.29, 0.717) is 27.3 Å². The van der Waals surface area contributed by atoms with E-state index < -0.39 is 5.97 Å². The molecule has 0 aromatic carbocycles. The first-order valence-corrected chi connectivity index (χ1v) is 10.1. The number of piperidine rings is 1. The van der Waals surface area contributed by atoms with Gasteiger partial charge >= 0.3 is 5.97 Å². The highest BCUT2D eigenvalue weighted by Gasteiger charge is 2.28. The topological polar surface area (TPSA) is 87.7 Å². The molecule has 2 unspecified atom stereocenters. The molecule has 0 saturated carbocycles. The molecular weight excluding hydrogens is 366 g/mol. The van der Waals surface area contributed by atoms with Crippen molar-refractivity contribution in [1.29, 1.82) is 0 Å². The van der Waals surface area contributed by atoms with Crippen LogP contribution in [0, 0.1) is 18.8 Å². The van der Waals surface area contributed by atoms with Crippen LogP contribution in [0.1, 0.15) is 52.8 Å². The van der Waals surface area contributed by atoms with Gasteiger partial charge in [-0.15, -0.1) is 11.3 Å². The first kappa shape index (κ1) is 21.4. The number of nitrogens with zero attached hydrogens (tertiary/aromatic N) is 1. The van der Waals surface area contributed by atoms with Gasteiger partial charge < -0.3 is 15.4 Å². The zero-order chi connectivity index (χ0) is 20.1. The molecule has 1 aliphatic heterocycles. The molecule has 1 saturated heterocycles. The van der Waals surface area contributed by atoms with E-state index in [9.17, 15) is 14.4 Å². The second-order valence-electron chi connectivity index (χ2n) is 7.25. The van der Waals surface area contributed by atoms with Gasteiger partial charge in [0.05, 0.1) is 23.6 Å². The number of nitrogens with one attached hydrogen (secondary N) is 2. The Labute approximate surface area is 164 Å². The Balaban J connectivity index is 2.19. The van der Waals surface area contributed by atoms with Gasteiger partial charge in [0.25, 0.3) is 5.91 Å². The number of carbonyl (C=O) groups excluding carboxylic acids is 3. The number of carbonyl (C=O) groups is 3. The van der Waals surface area contributed by atoms with Crippen molar-refractivity contribution in [3.63, 3.8) is 0 Å². The van der Waals surface area contributed by atoms with Crippen LogP contribution < -0.4 is 10.6 Å². The lowest BCUT2D eigenvalue weighted by Crippen LogP contribution is -2.42. The van der Waals surface area contributed by atoms with E-state index in [0.717, 1.165) is 24.4 Å². The second-order valence-corrected chi connectivity index (χ2v) is 8.27. The molecule has 27 heavy (non-hydrogen) atoms. The minimum Gasteiger partial charge on any atom is -0.462 e. The van der Waals surface area contributed by atoms with Crippen LogP contribution in [-0.4, -0.2) is 56.0 Å². The van der Waals surface area contributed by atoms with Crippen LogP contribution in [0.5, 0.6) is 0 Å². The van der Waals surface area contributed by atoms with Crippen LogP contribution in [0.2, 0.25) is 0 Å². The summed E-state index contributed by atoms with van der Waals surface area (Å²) in [5, 5.41) is 5.75. The highest BCUT2D eigenvalue weighted by Crippen LogP contribution is 2.34. The molecule has 1 aromatic rings. The largest absolute Gasteiger partial charge is 0.462 e. The van der Waals surface area contributed by atoms with Gasteiger partial charge in [0.15, 0.2) is 0 Å². The molecule has 0 bridgehead atoms. The van der Waals surface area contributed by atoms with E-state index in [1.54, 1.807) is 13.8 Å². The minimum atomic E-state index is -0.531. The predicted octanol–water partition coefficient (Wildman–Crippen LogP) is 2.51. The average molecular weight is 396 g/mol. The summed E-state index contributed by atoms with van der Waals surface area (Å²) in [6.07, 6.45) is 1.17. The lowest BCUT2D eigenvalue weighted by atomic mass is 9.92. The number of likely N-dealkylation sites (tertiary alicyclic amines) is 1. The summed E-state index contributed by atoms with van der Waals surface area (Å²) in [6.45, 7) is 10.1. The molecule has 2 N–H and O–H groups in total. The van der Waals surface area contributed by atoms with Gasteiger partial charge in [-0.3, -0.25) is 14.5 Å². The molecule has 2 amide bonds. The average Bonchev–Trinajstić information content (AvgIpc) is 2.89. The number of ether oxygens (including phenoxy) is 1. The SMILES string of the molecule is CCOC(=O)c1c(NC(=O)CN2CC(C)CC(C)C2)sc(C(=O)NC)c1C. The van der Waals surface area contributed by atoms with Crippen molar-refractivity contribution < 1.29 is 19.1 Å². The first-order valence-electron chi connectivity index (χ1n) is 9.31. The Bertz CT molecular complexity index is 706. The van der Waals surface area contributed by atoms with Crippen LogP contribution >= 0.6 is 11.3 Å². The maximum absolute atomic E-state index is 12.6. The molecule has 0 aliphatic carbocycles. The number of amides is 2. The number of anilines is 1. The normalized spacial score (nSPS) is 20.2. The zero-order valence-electron chi connectivity index (χ0n) is 16.7. The Morgan fingerprint density at radius 1 is 1.22 bits per heavy atom. The third-order valence-corrected chi connectivity index (χ3v) is 5.83. The van der Waals surface area contributed by atoms with Crippen LogP contribution in [0.15, 0.2) is 0 Å². The number of rotatable bonds is 6. The Morgan fingerprint density at radius 3 is 2.41 bits per heavy atom. The summed E-state index contributed by atoms with van der Waals surface area (Å²) >= 11 is 1.10. The quantitative estimate of drug-likeness (QED) is 0.723. The van der Waals surface area contributed by atoms with Crippen LogP contribution in [0.25, 0.3) is 0 Å². The molecule has 1 fully saturated rings. The Morgan fingerprint density at radius 2 is 1.85 bits per heavy atom. The summed E-state index contributed by atoms with van der Waals surface area (Å²) < 4.78 is 5.11.